The average molecular weight is 303 g/mol. The minimum absolute atomic E-state index is 0.281. The number of Topliss-reactive ketones (excluding diaryl/α,β-unsaturated/α-hetero) is 1. The number of halogens is 1. The summed E-state index contributed by atoms with van der Waals surface area (Å²) < 4.78 is 5.09. The number of carbonyl (C=O) groups excluding carboxylic acids is 2. The summed E-state index contributed by atoms with van der Waals surface area (Å²) in [6.07, 6.45) is 0. The van der Waals surface area contributed by atoms with Gasteiger partial charge in [-0.2, -0.15) is 0 Å². The highest BCUT2D eigenvalue weighted by Gasteiger charge is 2.14. The summed E-state index contributed by atoms with van der Waals surface area (Å²) in [5.74, 6) is -0.775. The third-order valence-electron chi connectivity index (χ3n) is 3.09. The maximum absolute atomic E-state index is 12.0. The van der Waals surface area contributed by atoms with Gasteiger partial charge in [0, 0.05) is 10.6 Å². The van der Waals surface area contributed by atoms with E-state index in [2.05, 4.69) is 0 Å². The minimum Gasteiger partial charge on any atom is -0.454 e. The zero-order valence-corrected chi connectivity index (χ0v) is 12.6. The van der Waals surface area contributed by atoms with Gasteiger partial charge in [-0.15, -0.1) is 0 Å². The maximum Gasteiger partial charge on any atom is 0.338 e. The Labute approximate surface area is 128 Å². The largest absolute Gasteiger partial charge is 0.454 e. The van der Waals surface area contributed by atoms with Crippen LogP contribution in [0.25, 0.3) is 0 Å². The Hall–Kier alpha value is -2.13. The van der Waals surface area contributed by atoms with Crippen molar-refractivity contribution in [3.63, 3.8) is 0 Å². The van der Waals surface area contributed by atoms with Gasteiger partial charge in [-0.3, -0.25) is 4.79 Å². The summed E-state index contributed by atoms with van der Waals surface area (Å²) in [6, 6.07) is 12.1. The monoisotopic (exact) mass is 302 g/mol. The van der Waals surface area contributed by atoms with E-state index in [1.165, 1.54) is 0 Å². The Morgan fingerprint density at radius 3 is 2.57 bits per heavy atom. The molecule has 0 fully saturated rings. The predicted octanol–water partition coefficient (Wildman–Crippen LogP) is 4.00. The van der Waals surface area contributed by atoms with Gasteiger partial charge in [-0.25, -0.2) is 4.79 Å². The molecule has 3 nitrogen and oxygen atoms in total. The van der Waals surface area contributed by atoms with Crippen molar-refractivity contribution in [2.24, 2.45) is 0 Å². The molecule has 0 unspecified atom stereocenters. The molecule has 2 aromatic rings. The summed E-state index contributed by atoms with van der Waals surface area (Å²) in [4.78, 5) is 24.0. The molecule has 0 amide bonds. The molecule has 0 aliphatic heterocycles. The van der Waals surface area contributed by atoms with Gasteiger partial charge in [0.25, 0.3) is 0 Å². The van der Waals surface area contributed by atoms with E-state index in [9.17, 15) is 9.59 Å². The molecule has 0 radical (unpaired) electrons. The van der Waals surface area contributed by atoms with Crippen molar-refractivity contribution in [3.05, 3.63) is 69.7 Å². The van der Waals surface area contributed by atoms with Crippen LogP contribution in [0.1, 0.15) is 31.8 Å². The van der Waals surface area contributed by atoms with Crippen molar-refractivity contribution >= 4 is 23.4 Å². The molecule has 0 aromatic heterocycles. The molecule has 0 aliphatic carbocycles. The first-order valence-corrected chi connectivity index (χ1v) is 6.88. The van der Waals surface area contributed by atoms with Crippen molar-refractivity contribution in [1.29, 1.82) is 0 Å². The quantitative estimate of drug-likeness (QED) is 0.633. The topological polar surface area (TPSA) is 43.4 Å². The number of hydrogen-bond donors (Lipinski definition) is 0. The Kier molecular flexibility index (Phi) is 4.76. The molecule has 0 aliphatic rings. The Bertz CT molecular complexity index is 692. The van der Waals surface area contributed by atoms with E-state index in [1.54, 1.807) is 30.3 Å². The van der Waals surface area contributed by atoms with Crippen molar-refractivity contribution < 1.29 is 14.3 Å². The number of benzene rings is 2. The molecule has 0 heterocycles. The van der Waals surface area contributed by atoms with E-state index in [0.29, 0.717) is 16.1 Å². The standard InChI is InChI=1S/C17H15ClO3/c1-11-6-7-12(2)15(8-11)17(20)21-10-16(19)13-4-3-5-14(18)9-13/h3-9H,10H2,1-2H3. The van der Waals surface area contributed by atoms with E-state index < -0.39 is 5.97 Å². The second-order valence-corrected chi connectivity index (χ2v) is 5.26. The van der Waals surface area contributed by atoms with Crippen LogP contribution in [0, 0.1) is 13.8 Å². The van der Waals surface area contributed by atoms with E-state index in [4.69, 9.17) is 16.3 Å². The minimum atomic E-state index is -0.494. The Morgan fingerprint density at radius 1 is 1.10 bits per heavy atom. The Balaban J connectivity index is 2.04. The molecule has 0 atom stereocenters. The molecule has 0 spiro atoms. The highest BCUT2D eigenvalue weighted by molar-refractivity contribution is 6.31. The van der Waals surface area contributed by atoms with Crippen LogP contribution in [0.5, 0.6) is 0 Å². The lowest BCUT2D eigenvalue weighted by Gasteiger charge is -2.07. The van der Waals surface area contributed by atoms with Crippen molar-refractivity contribution in [2.45, 2.75) is 13.8 Å². The van der Waals surface area contributed by atoms with Crippen LogP contribution in [0.4, 0.5) is 0 Å². The normalized spacial score (nSPS) is 10.2. The molecule has 0 bridgehead atoms. The number of rotatable bonds is 4. The van der Waals surface area contributed by atoms with Crippen molar-refractivity contribution in [1.82, 2.24) is 0 Å². The van der Waals surface area contributed by atoms with Gasteiger partial charge in [0.1, 0.15) is 0 Å². The molecule has 108 valence electrons. The first-order valence-electron chi connectivity index (χ1n) is 6.50. The lowest BCUT2D eigenvalue weighted by Crippen LogP contribution is -2.15. The highest BCUT2D eigenvalue weighted by Crippen LogP contribution is 2.14. The first-order chi connectivity index (χ1) is 9.97. The summed E-state index contributed by atoms with van der Waals surface area (Å²) in [6.45, 7) is 3.43. The van der Waals surface area contributed by atoms with E-state index in [1.807, 2.05) is 26.0 Å². The zero-order valence-electron chi connectivity index (χ0n) is 11.9. The van der Waals surface area contributed by atoms with Crippen LogP contribution < -0.4 is 0 Å². The summed E-state index contributed by atoms with van der Waals surface area (Å²) in [7, 11) is 0. The fourth-order valence-electron chi connectivity index (χ4n) is 1.91. The third-order valence-corrected chi connectivity index (χ3v) is 3.33. The van der Waals surface area contributed by atoms with Gasteiger partial charge in [-0.1, -0.05) is 41.4 Å². The molecule has 21 heavy (non-hydrogen) atoms. The van der Waals surface area contributed by atoms with Gasteiger partial charge < -0.3 is 4.74 Å². The summed E-state index contributed by atoms with van der Waals surface area (Å²) >= 11 is 5.83. The fourth-order valence-corrected chi connectivity index (χ4v) is 2.10. The van der Waals surface area contributed by atoms with Gasteiger partial charge in [0.2, 0.25) is 0 Å². The number of carbonyl (C=O) groups is 2. The van der Waals surface area contributed by atoms with Gasteiger partial charge >= 0.3 is 5.97 Å². The lowest BCUT2D eigenvalue weighted by molar-refractivity contribution is 0.0474. The number of ether oxygens (including phenoxy) is 1. The molecule has 4 heteroatoms. The van der Waals surface area contributed by atoms with Gasteiger partial charge in [0.05, 0.1) is 5.56 Å². The van der Waals surface area contributed by atoms with E-state index in [0.717, 1.165) is 11.1 Å². The molecule has 0 N–H and O–H groups in total. The molecular formula is C17H15ClO3. The summed E-state index contributed by atoms with van der Waals surface area (Å²) in [5.41, 5.74) is 2.69. The maximum atomic E-state index is 12.0. The Morgan fingerprint density at radius 2 is 1.86 bits per heavy atom. The third kappa shape index (κ3) is 3.92. The average Bonchev–Trinajstić information content (AvgIpc) is 2.47. The lowest BCUT2D eigenvalue weighted by atomic mass is 10.1. The second kappa shape index (κ2) is 6.55. The highest BCUT2D eigenvalue weighted by atomic mass is 35.5. The number of aryl methyl sites for hydroxylation is 2. The predicted molar refractivity (Wildman–Crippen MR) is 82.0 cm³/mol. The molecule has 2 aromatic carbocycles. The molecule has 0 saturated carbocycles. The smallest absolute Gasteiger partial charge is 0.338 e. The molecule has 0 saturated heterocycles. The van der Waals surface area contributed by atoms with Crippen LogP contribution >= 0.6 is 11.6 Å². The zero-order chi connectivity index (χ0) is 15.4. The SMILES string of the molecule is Cc1ccc(C)c(C(=O)OCC(=O)c2cccc(Cl)c2)c1. The van der Waals surface area contributed by atoms with Gasteiger partial charge in [0.15, 0.2) is 12.4 Å². The number of esters is 1. The van der Waals surface area contributed by atoms with Crippen molar-refractivity contribution in [3.8, 4) is 0 Å². The fraction of sp³-hybridized carbons (Fsp3) is 0.176. The van der Waals surface area contributed by atoms with E-state index >= 15 is 0 Å². The van der Waals surface area contributed by atoms with Crippen LogP contribution in [0.3, 0.4) is 0 Å². The second-order valence-electron chi connectivity index (χ2n) is 4.83. The molecular weight excluding hydrogens is 288 g/mol. The van der Waals surface area contributed by atoms with Crippen LogP contribution in [0.15, 0.2) is 42.5 Å². The van der Waals surface area contributed by atoms with Gasteiger partial charge in [-0.05, 0) is 37.6 Å². The number of ketones is 1. The van der Waals surface area contributed by atoms with Crippen LogP contribution in [0.2, 0.25) is 5.02 Å². The van der Waals surface area contributed by atoms with Crippen LogP contribution in [-0.2, 0) is 4.74 Å². The van der Waals surface area contributed by atoms with Crippen LogP contribution in [-0.4, -0.2) is 18.4 Å². The summed E-state index contributed by atoms with van der Waals surface area (Å²) in [5, 5.41) is 0.474. The van der Waals surface area contributed by atoms with Crippen molar-refractivity contribution in [2.75, 3.05) is 6.61 Å². The number of hydrogen-bond acceptors (Lipinski definition) is 3. The molecule has 2 rings (SSSR count). The van der Waals surface area contributed by atoms with E-state index in [-0.39, 0.29) is 12.4 Å². The first kappa shape index (κ1) is 15.3.